The normalized spacial score (nSPS) is 10.4. The predicted molar refractivity (Wildman–Crippen MR) is 72.9 cm³/mol. The minimum absolute atomic E-state index is 0.344. The molecule has 0 aliphatic rings. The third-order valence-corrected chi connectivity index (χ3v) is 3.21. The molecule has 0 bridgehead atoms. The summed E-state index contributed by atoms with van der Waals surface area (Å²) in [7, 11) is 1.53. The Hall–Kier alpha value is -1.03. The maximum Gasteiger partial charge on any atom is 0.217 e. The van der Waals surface area contributed by atoms with Crippen molar-refractivity contribution in [2.45, 2.75) is 6.42 Å². The molecule has 0 spiro atoms. The number of benzene rings is 1. The van der Waals surface area contributed by atoms with E-state index in [0.717, 1.165) is 5.56 Å². The largest absolute Gasteiger partial charge is 0.481 e. The van der Waals surface area contributed by atoms with E-state index >= 15 is 0 Å². The maximum absolute atomic E-state index is 5.95. The summed E-state index contributed by atoms with van der Waals surface area (Å²) in [4.78, 5) is 8.33. The molecule has 1 aromatic heterocycles. The van der Waals surface area contributed by atoms with Crippen molar-refractivity contribution in [3.05, 3.63) is 50.9 Å². The summed E-state index contributed by atoms with van der Waals surface area (Å²) in [6, 6.07) is 6.94. The summed E-state index contributed by atoms with van der Waals surface area (Å²) in [5, 5.41) is 1.37. The van der Waals surface area contributed by atoms with Gasteiger partial charge in [-0.3, -0.25) is 0 Å². The molecule has 0 amide bonds. The molecule has 2 aromatic rings. The Morgan fingerprint density at radius 2 is 1.83 bits per heavy atom. The van der Waals surface area contributed by atoms with E-state index in [1.165, 1.54) is 7.11 Å². The van der Waals surface area contributed by atoms with E-state index in [1.807, 2.05) is 6.07 Å². The highest BCUT2D eigenvalue weighted by molar-refractivity contribution is 6.42. The van der Waals surface area contributed by atoms with Crippen LogP contribution < -0.4 is 4.74 Å². The van der Waals surface area contributed by atoms with Gasteiger partial charge in [0.25, 0.3) is 0 Å². The zero-order valence-electron chi connectivity index (χ0n) is 9.45. The van der Waals surface area contributed by atoms with Gasteiger partial charge < -0.3 is 4.74 Å². The van der Waals surface area contributed by atoms with Crippen LogP contribution in [0.2, 0.25) is 15.2 Å². The number of aromatic nitrogens is 2. The first-order chi connectivity index (χ1) is 8.58. The molecule has 0 unspecified atom stereocenters. The summed E-state index contributed by atoms with van der Waals surface area (Å²) < 4.78 is 5.03. The molecule has 0 radical (unpaired) electrons. The molecule has 0 aliphatic carbocycles. The number of ether oxygens (including phenoxy) is 1. The van der Waals surface area contributed by atoms with Crippen molar-refractivity contribution in [1.82, 2.24) is 9.97 Å². The molecule has 6 heteroatoms. The van der Waals surface area contributed by atoms with Gasteiger partial charge in [-0.25, -0.2) is 4.98 Å². The molecular formula is C12H9Cl3N2O. The predicted octanol–water partition coefficient (Wildman–Crippen LogP) is 4.04. The minimum atomic E-state index is 0.344. The van der Waals surface area contributed by atoms with Crippen LogP contribution in [0.1, 0.15) is 11.4 Å². The summed E-state index contributed by atoms with van der Waals surface area (Å²) >= 11 is 17.7. The summed E-state index contributed by atoms with van der Waals surface area (Å²) in [5.41, 5.74) is 0.953. The highest BCUT2D eigenvalue weighted by atomic mass is 35.5. The topological polar surface area (TPSA) is 35.0 Å². The summed E-state index contributed by atoms with van der Waals surface area (Å²) in [6.07, 6.45) is 0.508. The second kappa shape index (κ2) is 5.74. The summed E-state index contributed by atoms with van der Waals surface area (Å²) in [6.45, 7) is 0. The van der Waals surface area contributed by atoms with Gasteiger partial charge in [0.15, 0.2) is 0 Å². The van der Waals surface area contributed by atoms with Crippen molar-refractivity contribution in [3.63, 3.8) is 0 Å². The lowest BCUT2D eigenvalue weighted by atomic mass is 10.1. The van der Waals surface area contributed by atoms with Crippen molar-refractivity contribution >= 4 is 34.8 Å². The average molecular weight is 304 g/mol. The molecule has 0 fully saturated rings. The van der Waals surface area contributed by atoms with Gasteiger partial charge in [-0.05, 0) is 17.7 Å². The van der Waals surface area contributed by atoms with Crippen LogP contribution in [0.15, 0.2) is 24.3 Å². The van der Waals surface area contributed by atoms with Crippen LogP contribution in [-0.4, -0.2) is 17.1 Å². The molecule has 3 nitrogen and oxygen atoms in total. The number of halogens is 3. The first kappa shape index (κ1) is 13.4. The Bertz CT molecular complexity index is 575. The molecule has 18 heavy (non-hydrogen) atoms. The fraction of sp³-hybridized carbons (Fsp3) is 0.167. The van der Waals surface area contributed by atoms with E-state index in [1.54, 1.807) is 18.2 Å². The van der Waals surface area contributed by atoms with Crippen LogP contribution in [0.25, 0.3) is 0 Å². The maximum atomic E-state index is 5.95. The fourth-order valence-electron chi connectivity index (χ4n) is 1.46. The monoisotopic (exact) mass is 302 g/mol. The van der Waals surface area contributed by atoms with Crippen LogP contribution in [0.3, 0.4) is 0 Å². The van der Waals surface area contributed by atoms with Crippen LogP contribution in [0.5, 0.6) is 5.88 Å². The Kier molecular flexibility index (Phi) is 4.27. The van der Waals surface area contributed by atoms with Crippen molar-refractivity contribution < 1.29 is 4.74 Å². The van der Waals surface area contributed by atoms with Gasteiger partial charge in [0, 0.05) is 12.5 Å². The van der Waals surface area contributed by atoms with Gasteiger partial charge in [-0.15, -0.1) is 0 Å². The second-order valence-electron chi connectivity index (χ2n) is 3.57. The number of rotatable bonds is 3. The van der Waals surface area contributed by atoms with Crippen LogP contribution in [0.4, 0.5) is 0 Å². The molecule has 1 heterocycles. The third kappa shape index (κ3) is 3.25. The molecule has 94 valence electrons. The number of hydrogen-bond donors (Lipinski definition) is 0. The molecule has 0 atom stereocenters. The van der Waals surface area contributed by atoms with Crippen molar-refractivity contribution in [2.75, 3.05) is 7.11 Å². The van der Waals surface area contributed by atoms with Crippen LogP contribution >= 0.6 is 34.8 Å². The zero-order chi connectivity index (χ0) is 13.1. The molecule has 0 saturated carbocycles. The van der Waals surface area contributed by atoms with E-state index < -0.39 is 0 Å². The molecule has 2 rings (SSSR count). The SMILES string of the molecule is COc1cc(Cl)nc(Cc2ccc(Cl)c(Cl)c2)n1. The molecule has 0 aliphatic heterocycles. The highest BCUT2D eigenvalue weighted by Gasteiger charge is 2.06. The van der Waals surface area contributed by atoms with E-state index in [2.05, 4.69) is 9.97 Å². The van der Waals surface area contributed by atoms with E-state index in [0.29, 0.717) is 33.3 Å². The minimum Gasteiger partial charge on any atom is -0.481 e. The second-order valence-corrected chi connectivity index (χ2v) is 4.78. The first-order valence-corrected chi connectivity index (χ1v) is 6.23. The van der Waals surface area contributed by atoms with Gasteiger partial charge in [-0.1, -0.05) is 40.9 Å². The van der Waals surface area contributed by atoms with Crippen LogP contribution in [0, 0.1) is 0 Å². The molecule has 1 aromatic carbocycles. The van der Waals surface area contributed by atoms with Crippen molar-refractivity contribution in [2.24, 2.45) is 0 Å². The lowest BCUT2D eigenvalue weighted by molar-refractivity contribution is 0.395. The van der Waals surface area contributed by atoms with Gasteiger partial charge >= 0.3 is 0 Å². The Morgan fingerprint density at radius 1 is 1.06 bits per heavy atom. The number of hydrogen-bond acceptors (Lipinski definition) is 3. The van der Waals surface area contributed by atoms with Crippen molar-refractivity contribution in [1.29, 1.82) is 0 Å². The van der Waals surface area contributed by atoms with Crippen LogP contribution in [-0.2, 0) is 6.42 Å². The van der Waals surface area contributed by atoms with Gasteiger partial charge in [0.05, 0.1) is 17.2 Å². The molecule has 0 N–H and O–H groups in total. The Labute approximate surface area is 120 Å². The fourth-order valence-corrected chi connectivity index (χ4v) is 1.97. The highest BCUT2D eigenvalue weighted by Crippen LogP contribution is 2.24. The number of methoxy groups -OCH3 is 1. The van der Waals surface area contributed by atoms with Gasteiger partial charge in [0.1, 0.15) is 11.0 Å². The first-order valence-electron chi connectivity index (χ1n) is 5.10. The van der Waals surface area contributed by atoms with E-state index in [-0.39, 0.29) is 0 Å². The Balaban J connectivity index is 2.27. The number of nitrogens with zero attached hydrogens (tertiary/aromatic N) is 2. The molecule has 0 saturated heterocycles. The van der Waals surface area contributed by atoms with E-state index in [4.69, 9.17) is 39.5 Å². The zero-order valence-corrected chi connectivity index (χ0v) is 11.7. The van der Waals surface area contributed by atoms with Gasteiger partial charge in [0.2, 0.25) is 5.88 Å². The standard InChI is InChI=1S/C12H9Cl3N2O/c1-18-12-6-10(15)16-11(17-12)5-7-2-3-8(13)9(14)4-7/h2-4,6H,5H2,1H3. The lowest BCUT2D eigenvalue weighted by Crippen LogP contribution is -1.99. The third-order valence-electron chi connectivity index (χ3n) is 2.27. The van der Waals surface area contributed by atoms with E-state index in [9.17, 15) is 0 Å². The molecular weight excluding hydrogens is 295 g/mol. The Morgan fingerprint density at radius 3 is 2.50 bits per heavy atom. The lowest BCUT2D eigenvalue weighted by Gasteiger charge is -2.05. The smallest absolute Gasteiger partial charge is 0.217 e. The van der Waals surface area contributed by atoms with Crippen molar-refractivity contribution in [3.8, 4) is 5.88 Å². The van der Waals surface area contributed by atoms with Gasteiger partial charge in [-0.2, -0.15) is 4.98 Å². The average Bonchev–Trinajstić information content (AvgIpc) is 2.33. The summed E-state index contributed by atoms with van der Waals surface area (Å²) in [5.74, 6) is 1.00. The quantitative estimate of drug-likeness (QED) is 0.803.